The van der Waals surface area contributed by atoms with Crippen LogP contribution in [0.4, 0.5) is 0 Å². The summed E-state index contributed by atoms with van der Waals surface area (Å²) in [5.41, 5.74) is 5.88. The molecule has 0 bridgehead atoms. The minimum Gasteiger partial charge on any atom is -0.299 e. The standard InChI is InChI=1S/C23H26N2/c1-3-7-19(8-4-1)15-22-16-24-17-23(22)21-11-13-25(14-12-21)18-20-9-5-2-6-10-20/h1-10,16,21H,11-15,17-18H2. The zero-order chi connectivity index (χ0) is 16.9. The number of allylic oxidation sites excluding steroid dienone is 1. The Morgan fingerprint density at radius 1 is 0.840 bits per heavy atom. The van der Waals surface area contributed by atoms with Crippen LogP contribution < -0.4 is 0 Å². The molecule has 128 valence electrons. The first-order chi connectivity index (χ1) is 12.4. The van der Waals surface area contributed by atoms with Crippen LogP contribution >= 0.6 is 0 Å². The molecular weight excluding hydrogens is 304 g/mol. The van der Waals surface area contributed by atoms with E-state index in [1.165, 1.54) is 42.6 Å². The van der Waals surface area contributed by atoms with Crippen molar-refractivity contribution in [2.45, 2.75) is 25.8 Å². The summed E-state index contributed by atoms with van der Waals surface area (Å²) in [6, 6.07) is 21.6. The molecule has 0 N–H and O–H groups in total. The SMILES string of the molecule is C1=NCC(C2CCN(Cc3ccccc3)CC2)=C1Cc1ccccc1. The summed E-state index contributed by atoms with van der Waals surface area (Å²) < 4.78 is 0. The quantitative estimate of drug-likeness (QED) is 0.787. The van der Waals surface area contributed by atoms with E-state index in [0.29, 0.717) is 5.92 Å². The first-order valence-corrected chi connectivity index (χ1v) is 9.40. The number of likely N-dealkylation sites (tertiary alicyclic amines) is 1. The minimum atomic E-state index is 0.716. The van der Waals surface area contributed by atoms with Crippen molar-refractivity contribution < 1.29 is 0 Å². The van der Waals surface area contributed by atoms with Gasteiger partial charge in [0.2, 0.25) is 0 Å². The van der Waals surface area contributed by atoms with Crippen molar-refractivity contribution in [2.75, 3.05) is 19.6 Å². The lowest BCUT2D eigenvalue weighted by molar-refractivity contribution is 0.191. The van der Waals surface area contributed by atoms with Gasteiger partial charge in [0.15, 0.2) is 0 Å². The number of hydrogen-bond donors (Lipinski definition) is 0. The van der Waals surface area contributed by atoms with Gasteiger partial charge in [0, 0.05) is 12.8 Å². The molecular formula is C23H26N2. The maximum Gasteiger partial charge on any atom is 0.0608 e. The summed E-state index contributed by atoms with van der Waals surface area (Å²) in [5.74, 6) is 0.716. The number of rotatable bonds is 5. The number of benzene rings is 2. The normalized spacial score (nSPS) is 18.9. The molecule has 0 aliphatic carbocycles. The average molecular weight is 330 g/mol. The molecule has 0 unspecified atom stereocenters. The maximum absolute atomic E-state index is 4.59. The molecule has 1 fully saturated rings. The highest BCUT2D eigenvalue weighted by atomic mass is 15.1. The third-order valence-corrected chi connectivity index (χ3v) is 5.49. The molecule has 2 aliphatic rings. The lowest BCUT2D eigenvalue weighted by atomic mass is 9.85. The van der Waals surface area contributed by atoms with Crippen molar-refractivity contribution in [3.63, 3.8) is 0 Å². The highest BCUT2D eigenvalue weighted by Crippen LogP contribution is 2.30. The zero-order valence-corrected chi connectivity index (χ0v) is 14.8. The van der Waals surface area contributed by atoms with E-state index in [-0.39, 0.29) is 0 Å². The summed E-state index contributed by atoms with van der Waals surface area (Å²) >= 11 is 0. The molecule has 1 saturated heterocycles. The molecule has 2 aliphatic heterocycles. The van der Waals surface area contributed by atoms with Crippen LogP contribution in [0.15, 0.2) is 76.8 Å². The Balaban J connectivity index is 1.37. The fraction of sp³-hybridized carbons (Fsp3) is 0.348. The Morgan fingerprint density at radius 3 is 2.16 bits per heavy atom. The van der Waals surface area contributed by atoms with Crippen LogP contribution in [-0.2, 0) is 13.0 Å². The molecule has 2 aromatic carbocycles. The minimum absolute atomic E-state index is 0.716. The van der Waals surface area contributed by atoms with E-state index in [2.05, 4.69) is 76.8 Å². The molecule has 4 rings (SSSR count). The van der Waals surface area contributed by atoms with Crippen molar-refractivity contribution in [2.24, 2.45) is 10.9 Å². The fourth-order valence-corrected chi connectivity index (χ4v) is 4.09. The molecule has 2 nitrogen and oxygen atoms in total. The van der Waals surface area contributed by atoms with E-state index in [1.807, 2.05) is 0 Å². The van der Waals surface area contributed by atoms with Crippen molar-refractivity contribution in [3.8, 4) is 0 Å². The maximum atomic E-state index is 4.59. The third-order valence-electron chi connectivity index (χ3n) is 5.49. The predicted molar refractivity (Wildman–Crippen MR) is 105 cm³/mol. The number of aliphatic imine (C=N–C) groups is 1. The summed E-state index contributed by atoms with van der Waals surface area (Å²) in [6.07, 6.45) is 5.69. The summed E-state index contributed by atoms with van der Waals surface area (Å²) in [5, 5.41) is 0. The van der Waals surface area contributed by atoms with Crippen molar-refractivity contribution in [1.29, 1.82) is 0 Å². The Labute approximate surface area is 150 Å². The molecule has 0 radical (unpaired) electrons. The Morgan fingerprint density at radius 2 is 1.48 bits per heavy atom. The Bertz CT molecular complexity index is 738. The van der Waals surface area contributed by atoms with E-state index in [9.17, 15) is 0 Å². The molecule has 25 heavy (non-hydrogen) atoms. The molecule has 0 aromatic heterocycles. The topological polar surface area (TPSA) is 15.6 Å². The van der Waals surface area contributed by atoms with Crippen LogP contribution in [0, 0.1) is 5.92 Å². The van der Waals surface area contributed by atoms with Gasteiger partial charge in [0.05, 0.1) is 6.54 Å². The van der Waals surface area contributed by atoms with Crippen LogP contribution in [0.25, 0.3) is 0 Å². The first kappa shape index (κ1) is 16.3. The molecule has 0 saturated carbocycles. The second kappa shape index (κ2) is 7.79. The van der Waals surface area contributed by atoms with E-state index in [0.717, 1.165) is 19.5 Å². The second-order valence-corrected chi connectivity index (χ2v) is 7.22. The van der Waals surface area contributed by atoms with Crippen LogP contribution in [0.2, 0.25) is 0 Å². The highest BCUT2D eigenvalue weighted by Gasteiger charge is 2.25. The molecule has 2 heteroatoms. The third kappa shape index (κ3) is 4.08. The van der Waals surface area contributed by atoms with Crippen molar-refractivity contribution >= 4 is 6.21 Å². The smallest absolute Gasteiger partial charge is 0.0608 e. The van der Waals surface area contributed by atoms with E-state index in [1.54, 1.807) is 5.57 Å². The summed E-state index contributed by atoms with van der Waals surface area (Å²) in [7, 11) is 0. The van der Waals surface area contributed by atoms with Gasteiger partial charge in [-0.25, -0.2) is 0 Å². The first-order valence-electron chi connectivity index (χ1n) is 9.40. The van der Waals surface area contributed by atoms with Gasteiger partial charge in [-0.3, -0.25) is 9.89 Å². The lowest BCUT2D eigenvalue weighted by Gasteiger charge is -2.33. The Hall–Kier alpha value is -2.19. The number of nitrogens with zero attached hydrogens (tertiary/aromatic N) is 2. The van der Waals surface area contributed by atoms with Gasteiger partial charge in [-0.1, -0.05) is 60.7 Å². The fourth-order valence-electron chi connectivity index (χ4n) is 4.09. The van der Waals surface area contributed by atoms with Gasteiger partial charge >= 0.3 is 0 Å². The monoisotopic (exact) mass is 330 g/mol. The number of hydrogen-bond acceptors (Lipinski definition) is 2. The molecule has 0 spiro atoms. The van der Waals surface area contributed by atoms with E-state index >= 15 is 0 Å². The molecule has 0 amide bonds. The van der Waals surface area contributed by atoms with Crippen LogP contribution in [0.5, 0.6) is 0 Å². The van der Waals surface area contributed by atoms with Gasteiger partial charge < -0.3 is 0 Å². The average Bonchev–Trinajstić information content (AvgIpc) is 3.12. The predicted octanol–water partition coefficient (Wildman–Crippen LogP) is 4.52. The van der Waals surface area contributed by atoms with Gasteiger partial charge in [0.25, 0.3) is 0 Å². The largest absolute Gasteiger partial charge is 0.299 e. The van der Waals surface area contributed by atoms with Gasteiger partial charge in [-0.15, -0.1) is 0 Å². The molecule has 2 heterocycles. The van der Waals surface area contributed by atoms with E-state index < -0.39 is 0 Å². The van der Waals surface area contributed by atoms with Gasteiger partial charge in [0.1, 0.15) is 0 Å². The summed E-state index contributed by atoms with van der Waals surface area (Å²) in [6.45, 7) is 4.40. The van der Waals surface area contributed by atoms with Gasteiger partial charge in [-0.2, -0.15) is 0 Å². The highest BCUT2D eigenvalue weighted by molar-refractivity contribution is 5.83. The van der Waals surface area contributed by atoms with Crippen LogP contribution in [0.1, 0.15) is 24.0 Å². The van der Waals surface area contributed by atoms with E-state index in [4.69, 9.17) is 0 Å². The van der Waals surface area contributed by atoms with Crippen molar-refractivity contribution in [1.82, 2.24) is 4.90 Å². The molecule has 2 aromatic rings. The molecule has 0 atom stereocenters. The number of piperidine rings is 1. The van der Waals surface area contributed by atoms with Crippen LogP contribution in [-0.4, -0.2) is 30.7 Å². The van der Waals surface area contributed by atoms with Crippen molar-refractivity contribution in [3.05, 3.63) is 82.9 Å². The second-order valence-electron chi connectivity index (χ2n) is 7.22. The zero-order valence-electron chi connectivity index (χ0n) is 14.8. The van der Waals surface area contributed by atoms with Gasteiger partial charge in [-0.05, 0) is 60.5 Å². The lowest BCUT2D eigenvalue weighted by Crippen LogP contribution is -2.34. The van der Waals surface area contributed by atoms with Crippen LogP contribution in [0.3, 0.4) is 0 Å². The summed E-state index contributed by atoms with van der Waals surface area (Å²) in [4.78, 5) is 7.19. The Kier molecular flexibility index (Phi) is 5.08.